The molecule has 0 fully saturated rings. The van der Waals surface area contributed by atoms with Gasteiger partial charge in [0.2, 0.25) is 23.6 Å². The quantitative estimate of drug-likeness (QED) is 0.0943. The highest BCUT2D eigenvalue weighted by Gasteiger charge is 2.17. The smallest absolute Gasteiger partial charge is 0.349 e. The number of nitrogen functional groups attached to an aromatic ring is 1. The van der Waals surface area contributed by atoms with Gasteiger partial charge in [0, 0.05) is 67.8 Å². The van der Waals surface area contributed by atoms with E-state index in [1.807, 2.05) is 98.9 Å². The highest BCUT2D eigenvalue weighted by atomic mass is 16.5. The monoisotopic (exact) mass is 1120 g/mol. The number of anilines is 2. The molecule has 0 spiro atoms. The number of rotatable bonds is 10. The zero-order chi connectivity index (χ0) is 60.6. The van der Waals surface area contributed by atoms with Crippen LogP contribution in [0.4, 0.5) is 11.8 Å². The number of aromatic amines is 1. The molecule has 2 aliphatic rings. The molecule has 9 rings (SSSR count). The van der Waals surface area contributed by atoms with Crippen LogP contribution in [0.1, 0.15) is 133 Å². The van der Waals surface area contributed by atoms with Crippen LogP contribution >= 0.6 is 0 Å². The number of nitrogens with two attached hydrogens (primary N) is 2. The second kappa shape index (κ2) is 29.1. The zero-order valence-electron chi connectivity index (χ0n) is 49.5. The summed E-state index contributed by atoms with van der Waals surface area (Å²) < 4.78 is 17.9. The SMILES string of the molecule is C=C1N=C(N)C=CN1C(C)C.C=C1NC(=O)C=CN1C(C)C.CC(=O)Nc1ccn(C(C)C)c(=O)n1.CCOc1nc(C)nc2c1ncn2C(C)C.COc1nc(N)nc2c1ncn2C(C)C.Cc1nc2c(ncn2C(C)C)c(=O)[nH]1. The fourth-order valence-corrected chi connectivity index (χ4v) is 7.43. The minimum atomic E-state index is -0.355. The van der Waals surface area contributed by atoms with Gasteiger partial charge in [0.15, 0.2) is 33.5 Å². The Labute approximate surface area is 471 Å². The van der Waals surface area contributed by atoms with Crippen LogP contribution in [0.2, 0.25) is 0 Å². The Kier molecular flexibility index (Phi) is 23.0. The molecule has 7 N–H and O–H groups in total. The number of hydrogen-bond donors (Lipinski definition) is 5. The number of carbonyl (C=O) groups excluding carboxylic acids is 2. The number of imidazole rings is 3. The standard InChI is InChI=1S/C11H16N4O.C9H13N5O.C9H12N4O.C9H13N3O2.C8H13N3.C8H12N2O/c1-5-16-11-9-10(13-8(4)14-11)15(6-12-9)7(2)3;1-5(2)14-4-11-6-7(14)12-9(10)13-8(6)15-3;1-5(2)13-4-10-7-8(13)11-6(3)12-9(7)14;1-6(2)12-5-4-8(10-7(3)13)11-9(12)14;1-6(2)11-5-4-8(9)10-7(11)3;1-6(2)10-5-4-8(11)9-7(10)3/h6-7H,5H2,1-4H3;4-5H,1-3H3,(H2,10,12,13);4-5H,1-3H3,(H,11,12,14);4-6H,1-3H3,(H,10,11,13,14);4-6H,3H2,1-2H3,(H2,9,10);4-6H,3H2,1-2H3,(H,9,11). The molecule has 0 atom stereocenters. The number of H-pyrrole nitrogens is 1. The third kappa shape index (κ3) is 17.6. The van der Waals surface area contributed by atoms with Crippen molar-refractivity contribution in [3.63, 3.8) is 0 Å². The lowest BCUT2D eigenvalue weighted by Gasteiger charge is -2.29. The van der Waals surface area contributed by atoms with Crippen molar-refractivity contribution in [2.45, 2.75) is 147 Å². The van der Waals surface area contributed by atoms with Crippen LogP contribution in [-0.4, -0.2) is 121 Å². The van der Waals surface area contributed by atoms with Crippen molar-refractivity contribution in [3.05, 3.63) is 113 Å². The molecular formula is C54H79N21O6. The first-order chi connectivity index (χ1) is 38.1. The summed E-state index contributed by atoms with van der Waals surface area (Å²) >= 11 is 0. The Hall–Kier alpha value is -9.30. The molecular weight excluding hydrogens is 1040 g/mol. The molecule has 0 radical (unpaired) electrons. The van der Waals surface area contributed by atoms with E-state index in [4.69, 9.17) is 20.9 Å². The number of nitrogens with one attached hydrogen (secondary N) is 3. The molecule has 2 aliphatic heterocycles. The van der Waals surface area contributed by atoms with E-state index in [0.29, 0.717) is 93.8 Å². The van der Waals surface area contributed by atoms with E-state index in [1.165, 1.54) is 24.7 Å². The summed E-state index contributed by atoms with van der Waals surface area (Å²) in [5.41, 5.74) is 14.5. The minimum Gasteiger partial charge on any atom is -0.479 e. The van der Waals surface area contributed by atoms with E-state index in [9.17, 15) is 19.2 Å². The van der Waals surface area contributed by atoms with Gasteiger partial charge in [-0.1, -0.05) is 13.2 Å². The van der Waals surface area contributed by atoms with Gasteiger partial charge in [-0.3, -0.25) is 19.0 Å². The van der Waals surface area contributed by atoms with Gasteiger partial charge in [-0.15, -0.1) is 0 Å². The van der Waals surface area contributed by atoms with Crippen LogP contribution in [0.15, 0.2) is 95.2 Å². The van der Waals surface area contributed by atoms with E-state index < -0.39 is 0 Å². The van der Waals surface area contributed by atoms with Crippen LogP contribution in [0, 0.1) is 13.8 Å². The van der Waals surface area contributed by atoms with Gasteiger partial charge in [0.1, 0.15) is 34.9 Å². The predicted octanol–water partition coefficient (Wildman–Crippen LogP) is 6.77. The Bertz CT molecular complexity index is 3520. The first kappa shape index (κ1) is 64.2. The van der Waals surface area contributed by atoms with E-state index in [2.05, 4.69) is 106 Å². The fraction of sp³-hybridized carbons (Fsp3) is 0.444. The average Bonchev–Trinajstić information content (AvgIpc) is 4.13. The summed E-state index contributed by atoms with van der Waals surface area (Å²) in [6.07, 6.45) is 13.7. The summed E-state index contributed by atoms with van der Waals surface area (Å²) in [6, 6.07) is 3.25. The van der Waals surface area contributed by atoms with Gasteiger partial charge in [0.05, 0.1) is 32.7 Å². The first-order valence-electron chi connectivity index (χ1n) is 26.2. The highest BCUT2D eigenvalue weighted by Crippen LogP contribution is 2.25. The van der Waals surface area contributed by atoms with Crippen molar-refractivity contribution in [1.82, 2.24) is 83.2 Å². The molecule has 0 bridgehead atoms. The maximum Gasteiger partial charge on any atom is 0.349 e. The number of aromatic nitrogens is 14. The van der Waals surface area contributed by atoms with Crippen molar-refractivity contribution in [2.24, 2.45) is 10.7 Å². The van der Waals surface area contributed by atoms with Crippen LogP contribution in [0.25, 0.3) is 33.5 Å². The Morgan fingerprint density at radius 1 is 0.667 bits per heavy atom. The van der Waals surface area contributed by atoms with E-state index in [-0.39, 0.29) is 47.1 Å². The van der Waals surface area contributed by atoms with Crippen LogP contribution in [0.5, 0.6) is 11.8 Å². The van der Waals surface area contributed by atoms with Crippen LogP contribution < -0.4 is 42.8 Å². The molecule has 27 heteroatoms. The van der Waals surface area contributed by atoms with Crippen LogP contribution in [-0.2, 0) is 9.59 Å². The number of aliphatic imine (C=N–C) groups is 1. The highest BCUT2D eigenvalue weighted by molar-refractivity contribution is 5.92. The lowest BCUT2D eigenvalue weighted by atomic mass is 10.3. The number of nitrogens with zero attached hydrogens (tertiary/aromatic N) is 16. The zero-order valence-corrected chi connectivity index (χ0v) is 49.5. The van der Waals surface area contributed by atoms with Gasteiger partial charge in [-0.05, 0) is 116 Å². The molecule has 0 unspecified atom stereocenters. The van der Waals surface area contributed by atoms with Crippen molar-refractivity contribution in [2.75, 3.05) is 24.8 Å². The molecule has 7 aromatic rings. The molecule has 2 amide bonds. The number of amidine groups is 1. The number of carbonyl (C=O) groups is 2. The van der Waals surface area contributed by atoms with Crippen molar-refractivity contribution in [3.8, 4) is 11.8 Å². The molecule has 0 aromatic carbocycles. The van der Waals surface area contributed by atoms with E-state index in [1.54, 1.807) is 50.4 Å². The summed E-state index contributed by atoms with van der Waals surface area (Å²) in [7, 11) is 1.54. The summed E-state index contributed by atoms with van der Waals surface area (Å²) in [6.45, 7) is 39.3. The maximum atomic E-state index is 11.5. The van der Waals surface area contributed by atoms with E-state index in [0.717, 1.165) is 11.2 Å². The van der Waals surface area contributed by atoms with Gasteiger partial charge in [-0.2, -0.15) is 19.9 Å². The third-order valence-electron chi connectivity index (χ3n) is 11.3. The maximum absolute atomic E-state index is 11.5. The normalized spacial score (nSPS) is 12.8. The average molecular weight is 1120 g/mol. The fourth-order valence-electron chi connectivity index (χ4n) is 7.43. The number of methoxy groups -OCH3 is 1. The minimum absolute atomic E-state index is 0.0707. The van der Waals surface area contributed by atoms with Crippen molar-refractivity contribution in [1.29, 1.82) is 0 Å². The number of fused-ring (bicyclic) bond motifs is 3. The second-order valence-corrected chi connectivity index (χ2v) is 19.8. The van der Waals surface area contributed by atoms with Crippen LogP contribution in [0.3, 0.4) is 0 Å². The van der Waals surface area contributed by atoms with Crippen molar-refractivity contribution >= 4 is 62.9 Å². The molecule has 7 aromatic heterocycles. The molecule has 9 heterocycles. The largest absolute Gasteiger partial charge is 0.479 e. The molecule has 0 aliphatic carbocycles. The summed E-state index contributed by atoms with van der Waals surface area (Å²) in [5, 5.41) is 5.06. The summed E-state index contributed by atoms with van der Waals surface area (Å²) in [4.78, 5) is 92.1. The van der Waals surface area contributed by atoms with Gasteiger partial charge in [0.25, 0.3) is 11.5 Å². The Morgan fingerprint density at radius 3 is 1.67 bits per heavy atom. The van der Waals surface area contributed by atoms with Gasteiger partial charge >= 0.3 is 5.69 Å². The molecule has 81 heavy (non-hydrogen) atoms. The Balaban J connectivity index is 0.000000210. The second-order valence-electron chi connectivity index (χ2n) is 19.8. The van der Waals surface area contributed by atoms with Crippen molar-refractivity contribution < 1.29 is 19.1 Å². The molecule has 0 saturated heterocycles. The Morgan fingerprint density at radius 2 is 1.19 bits per heavy atom. The lowest BCUT2D eigenvalue weighted by molar-refractivity contribution is -0.117. The topological polar surface area (TPSA) is 333 Å². The third-order valence-corrected chi connectivity index (χ3v) is 11.3. The summed E-state index contributed by atoms with van der Waals surface area (Å²) in [5.74, 6) is 4.33. The van der Waals surface area contributed by atoms with Gasteiger partial charge in [-0.25, -0.2) is 34.7 Å². The lowest BCUT2D eigenvalue weighted by Crippen LogP contribution is -2.38. The number of hydrogen-bond acceptors (Lipinski definition) is 20. The molecule has 27 nitrogen and oxygen atoms in total. The first-order valence-corrected chi connectivity index (χ1v) is 26.2. The molecule has 436 valence electrons. The van der Waals surface area contributed by atoms with Gasteiger partial charge < -0.3 is 60.1 Å². The predicted molar refractivity (Wildman–Crippen MR) is 315 cm³/mol. The number of ether oxygens (including phenoxy) is 2. The number of aryl methyl sites for hydroxylation is 2. The molecule has 0 saturated carbocycles. The number of amides is 2. The van der Waals surface area contributed by atoms with E-state index >= 15 is 0 Å².